The predicted octanol–water partition coefficient (Wildman–Crippen LogP) is 6.81. The highest BCUT2D eigenvalue weighted by Crippen LogP contribution is 2.40. The van der Waals surface area contributed by atoms with Crippen LogP contribution in [0.4, 0.5) is 5.69 Å². The van der Waals surface area contributed by atoms with E-state index in [4.69, 9.17) is 9.57 Å². The molecule has 0 aromatic heterocycles. The summed E-state index contributed by atoms with van der Waals surface area (Å²) in [5.74, 6) is 1.27. The molecule has 3 fully saturated rings. The molecule has 0 radical (unpaired) electrons. The third-order valence-electron chi connectivity index (χ3n) is 8.70. The molecule has 1 heterocycles. The maximum absolute atomic E-state index is 13.2. The first-order valence-electron chi connectivity index (χ1n) is 15.2. The summed E-state index contributed by atoms with van der Waals surface area (Å²) in [5.41, 5.74) is 4.80. The number of fused-ring (bicyclic) bond motifs is 1. The Bertz CT molecular complexity index is 1080. The smallest absolute Gasteiger partial charge is 0.275 e. The van der Waals surface area contributed by atoms with Crippen molar-refractivity contribution in [1.29, 1.82) is 0 Å². The molecule has 4 aliphatic rings. The van der Waals surface area contributed by atoms with E-state index >= 15 is 0 Å². The lowest BCUT2D eigenvalue weighted by molar-refractivity contribution is -0.818. The van der Waals surface area contributed by atoms with Crippen molar-refractivity contribution in [2.75, 3.05) is 31.1 Å². The van der Waals surface area contributed by atoms with E-state index in [1.807, 2.05) is 12.2 Å². The van der Waals surface area contributed by atoms with E-state index in [-0.39, 0.29) is 18.5 Å². The van der Waals surface area contributed by atoms with Gasteiger partial charge in [0.2, 0.25) is 17.5 Å². The Morgan fingerprint density at radius 2 is 1.95 bits per heavy atom. The fourth-order valence-corrected chi connectivity index (χ4v) is 6.23. The Kier molecular flexibility index (Phi) is 9.62. The minimum absolute atomic E-state index is 0.0216. The average molecular weight is 536 g/mol. The van der Waals surface area contributed by atoms with Gasteiger partial charge in [-0.2, -0.15) is 4.84 Å². The van der Waals surface area contributed by atoms with Crippen LogP contribution in [0.5, 0.6) is 0 Å². The molecule has 7 heteroatoms. The van der Waals surface area contributed by atoms with Crippen LogP contribution in [0.1, 0.15) is 76.7 Å². The van der Waals surface area contributed by atoms with E-state index in [2.05, 4.69) is 48.2 Å². The Labute approximate surface area is 233 Å². The first-order valence-corrected chi connectivity index (χ1v) is 15.2. The highest BCUT2D eigenvalue weighted by molar-refractivity contribution is 5.47. The predicted molar refractivity (Wildman–Crippen MR) is 153 cm³/mol. The summed E-state index contributed by atoms with van der Waals surface area (Å²) in [7, 11) is 0. The van der Waals surface area contributed by atoms with E-state index in [9.17, 15) is 9.81 Å². The number of rotatable bonds is 14. The normalized spacial score (nSPS) is 24.7. The summed E-state index contributed by atoms with van der Waals surface area (Å²) in [6, 6.07) is 8.64. The molecule has 0 spiro atoms. The van der Waals surface area contributed by atoms with Crippen LogP contribution in [0.15, 0.2) is 59.7 Å². The lowest BCUT2D eigenvalue weighted by Crippen LogP contribution is -2.28. The van der Waals surface area contributed by atoms with Gasteiger partial charge in [0.15, 0.2) is 0 Å². The van der Waals surface area contributed by atoms with Gasteiger partial charge in [0.25, 0.3) is 12.8 Å². The molecule has 1 aliphatic heterocycles. The molecule has 3 aliphatic carbocycles. The van der Waals surface area contributed by atoms with Crippen LogP contribution in [0.3, 0.4) is 0 Å². The second kappa shape index (κ2) is 13.5. The quantitative estimate of drug-likeness (QED) is 0.193. The Balaban J connectivity index is 1.07. The van der Waals surface area contributed by atoms with E-state index in [1.54, 1.807) is 0 Å². The monoisotopic (exact) mass is 535 g/mol. The molecule has 7 nitrogen and oxygen atoms in total. The summed E-state index contributed by atoms with van der Waals surface area (Å²) in [6.07, 6.45) is 18.8. The molecule has 1 aromatic rings. The molecule has 1 aromatic carbocycles. The highest BCUT2D eigenvalue weighted by atomic mass is 16.8. The first kappa shape index (κ1) is 27.8. The number of hydrogen-bond acceptors (Lipinski definition) is 5. The fraction of sp³-hybridized carbons (Fsp3) is 0.625. The van der Waals surface area contributed by atoms with Crippen molar-refractivity contribution < 1.29 is 19.3 Å². The number of nitroso groups, excluding NO2 is 1. The van der Waals surface area contributed by atoms with E-state index in [0.29, 0.717) is 18.1 Å². The van der Waals surface area contributed by atoms with Gasteiger partial charge in [0.05, 0.1) is 11.5 Å². The van der Waals surface area contributed by atoms with Gasteiger partial charge in [0.1, 0.15) is 0 Å². The van der Waals surface area contributed by atoms with Crippen molar-refractivity contribution in [3.8, 4) is 0 Å². The lowest BCUT2D eigenvalue weighted by Gasteiger charge is -2.23. The molecule has 3 atom stereocenters. The van der Waals surface area contributed by atoms with Gasteiger partial charge in [-0.3, -0.25) is 0 Å². The number of benzene rings is 1. The van der Waals surface area contributed by atoms with Gasteiger partial charge in [-0.25, -0.2) is 0 Å². The topological polar surface area (TPSA) is 61.9 Å². The summed E-state index contributed by atoms with van der Waals surface area (Å²) >= 11 is 0. The molecule has 5 rings (SSSR count). The number of ether oxygens (including phenoxy) is 1. The molecule has 39 heavy (non-hydrogen) atoms. The van der Waals surface area contributed by atoms with Crippen molar-refractivity contribution >= 4 is 5.69 Å². The minimum atomic E-state index is -0.419. The van der Waals surface area contributed by atoms with Gasteiger partial charge in [-0.1, -0.05) is 48.8 Å². The van der Waals surface area contributed by atoms with Crippen LogP contribution in [-0.2, 0) is 16.1 Å². The summed E-state index contributed by atoms with van der Waals surface area (Å²) < 4.78 is 6.77. The van der Waals surface area contributed by atoms with E-state index < -0.39 is 6.29 Å². The van der Waals surface area contributed by atoms with Crippen LogP contribution in [-0.4, -0.2) is 48.3 Å². The third-order valence-corrected chi connectivity index (χ3v) is 8.70. The molecule has 1 saturated heterocycles. The Hall–Kier alpha value is -2.80. The zero-order valence-corrected chi connectivity index (χ0v) is 23.5. The zero-order valence-electron chi connectivity index (χ0n) is 23.5. The molecule has 0 N–H and O–H groups in total. The van der Waals surface area contributed by atoms with Crippen molar-refractivity contribution in [2.24, 2.45) is 11.8 Å². The molecule has 0 bridgehead atoms. The van der Waals surface area contributed by atoms with Crippen molar-refractivity contribution in [2.45, 2.75) is 90.0 Å². The molecule has 210 valence electrons. The zero-order chi connectivity index (χ0) is 27.0. The van der Waals surface area contributed by atoms with Crippen LogP contribution in [0.25, 0.3) is 0 Å². The van der Waals surface area contributed by atoms with Crippen LogP contribution in [0, 0.1) is 21.6 Å². The van der Waals surface area contributed by atoms with Gasteiger partial charge in [-0.05, 0) is 75.1 Å². The van der Waals surface area contributed by atoms with Gasteiger partial charge >= 0.3 is 0 Å². The van der Waals surface area contributed by atoms with Gasteiger partial charge in [-0.15, -0.1) is 0 Å². The molecular weight excluding hydrogens is 490 g/mol. The summed E-state index contributed by atoms with van der Waals surface area (Å²) in [5, 5.41) is 0. The number of hydrogen-bond donors (Lipinski definition) is 0. The van der Waals surface area contributed by atoms with Crippen LogP contribution >= 0.6 is 0 Å². The summed E-state index contributed by atoms with van der Waals surface area (Å²) in [4.78, 5) is 33.6. The number of anilines is 1. The van der Waals surface area contributed by atoms with Crippen LogP contribution < -0.4 is 4.90 Å². The minimum Gasteiger partial charge on any atom is -0.372 e. The highest BCUT2D eigenvalue weighted by Gasteiger charge is 2.42. The number of allylic oxidation sites excluding steroid dienone is 4. The maximum Gasteiger partial charge on any atom is 0.275 e. The van der Waals surface area contributed by atoms with Gasteiger partial charge in [0, 0.05) is 52.8 Å². The average Bonchev–Trinajstić information content (AvgIpc) is 3.68. The standard InChI is InChI=1S/C32H45N3O4/c1-2-33(20-5-7-25-10-11-25)29-16-12-27(13-17-29)24-34(36)31-19-15-28-23-26(14-18-30(28)31)8-6-21-35(37)39-32-9-3-4-22-38-32/h6,8,12-14,16-17,23,25,30-32H,2-5,7,9-11,15,18-22,24H2,1H3/q+2/b8-6+. The third kappa shape index (κ3) is 7.87. The first-order chi connectivity index (χ1) is 19.1. The fourth-order valence-electron chi connectivity index (χ4n) is 6.23. The molecule has 2 saturated carbocycles. The molecule has 3 unspecified atom stereocenters. The largest absolute Gasteiger partial charge is 0.372 e. The van der Waals surface area contributed by atoms with E-state index in [0.717, 1.165) is 68.7 Å². The van der Waals surface area contributed by atoms with Gasteiger partial charge < -0.3 is 9.64 Å². The van der Waals surface area contributed by atoms with Crippen molar-refractivity contribution in [3.63, 3.8) is 0 Å². The Morgan fingerprint density at radius 1 is 1.10 bits per heavy atom. The Morgan fingerprint density at radius 3 is 2.69 bits per heavy atom. The maximum atomic E-state index is 13.2. The second-order valence-electron chi connectivity index (χ2n) is 11.6. The van der Waals surface area contributed by atoms with E-state index in [1.165, 1.54) is 41.7 Å². The number of nitrogens with zero attached hydrogens (tertiary/aromatic N) is 3. The van der Waals surface area contributed by atoms with Crippen molar-refractivity contribution in [1.82, 2.24) is 0 Å². The van der Waals surface area contributed by atoms with Crippen molar-refractivity contribution in [3.05, 3.63) is 75.1 Å². The lowest BCUT2D eigenvalue weighted by atomic mass is 9.88. The molecule has 0 amide bonds. The SMILES string of the molecule is CCN(CCCC1CC1)c1ccc(C[N+](=O)C2CCC3=CC(/C=C/C[N+](=O)OC4CCCCO4)=CCC32)cc1. The molecular formula is C32H45N3O4+2. The summed E-state index contributed by atoms with van der Waals surface area (Å²) in [6.45, 7) is 5.60. The van der Waals surface area contributed by atoms with Crippen LogP contribution in [0.2, 0.25) is 0 Å². The second-order valence-corrected chi connectivity index (χ2v) is 11.6.